The van der Waals surface area contributed by atoms with Crippen molar-refractivity contribution in [2.24, 2.45) is 0 Å². The van der Waals surface area contributed by atoms with Crippen LogP contribution in [0.3, 0.4) is 0 Å². The highest BCUT2D eigenvalue weighted by atomic mass is 35.5. The molecular weight excluding hydrogens is 406 g/mol. The highest BCUT2D eigenvalue weighted by Crippen LogP contribution is 2.42. The predicted molar refractivity (Wildman–Crippen MR) is 116 cm³/mol. The molecule has 1 aliphatic rings. The number of piperidine rings is 1. The molecule has 30 heavy (non-hydrogen) atoms. The molecule has 2 aromatic carbocycles. The van der Waals surface area contributed by atoms with Crippen LogP contribution < -0.4 is 14.2 Å². The Morgan fingerprint density at radius 2 is 1.87 bits per heavy atom. The minimum atomic E-state index is -0.819. The van der Waals surface area contributed by atoms with Crippen molar-refractivity contribution in [1.82, 2.24) is 4.90 Å². The van der Waals surface area contributed by atoms with Gasteiger partial charge in [0.1, 0.15) is 11.8 Å². The zero-order valence-corrected chi connectivity index (χ0v) is 18.3. The Bertz CT molecular complexity index is 888. The van der Waals surface area contributed by atoms with Crippen LogP contribution in [0.4, 0.5) is 0 Å². The maximum atomic E-state index is 12.1. The lowest BCUT2D eigenvalue weighted by molar-refractivity contribution is -0.145. The highest BCUT2D eigenvalue weighted by molar-refractivity contribution is 6.30. The first kappa shape index (κ1) is 22.2. The summed E-state index contributed by atoms with van der Waals surface area (Å²) < 4.78 is 16.8. The number of methoxy groups -OCH3 is 2. The van der Waals surface area contributed by atoms with Crippen molar-refractivity contribution >= 4 is 17.6 Å². The van der Waals surface area contributed by atoms with Gasteiger partial charge in [-0.1, -0.05) is 24.1 Å². The van der Waals surface area contributed by atoms with Crippen LogP contribution in [0.15, 0.2) is 36.4 Å². The predicted octanol–water partition coefficient (Wildman–Crippen LogP) is 4.78. The topological polar surface area (TPSA) is 68.2 Å². The summed E-state index contributed by atoms with van der Waals surface area (Å²) in [6.07, 6.45) is 2.42. The summed E-state index contributed by atoms with van der Waals surface area (Å²) >= 11 is 6.36. The number of halogens is 1. The first-order valence-electron chi connectivity index (χ1n) is 10.1. The van der Waals surface area contributed by atoms with Gasteiger partial charge in [-0.25, -0.2) is 0 Å². The first-order chi connectivity index (χ1) is 14.5. The van der Waals surface area contributed by atoms with Gasteiger partial charge >= 0.3 is 5.97 Å². The van der Waals surface area contributed by atoms with E-state index >= 15 is 0 Å². The Hall–Kier alpha value is -2.44. The normalized spacial score (nSPS) is 17.9. The molecule has 1 fully saturated rings. The smallest absolute Gasteiger partial charge is 0.320 e. The van der Waals surface area contributed by atoms with Gasteiger partial charge in [-0.3, -0.25) is 9.69 Å². The number of benzene rings is 2. The van der Waals surface area contributed by atoms with E-state index in [2.05, 4.69) is 0 Å². The van der Waals surface area contributed by atoms with E-state index in [9.17, 15) is 9.90 Å². The van der Waals surface area contributed by atoms with Gasteiger partial charge in [-0.15, -0.1) is 0 Å². The van der Waals surface area contributed by atoms with E-state index in [1.54, 1.807) is 20.3 Å². The third-order valence-electron chi connectivity index (χ3n) is 5.45. The Balaban J connectivity index is 2.20. The van der Waals surface area contributed by atoms with Crippen molar-refractivity contribution in [1.29, 1.82) is 0 Å². The van der Waals surface area contributed by atoms with E-state index in [1.807, 2.05) is 42.2 Å². The average Bonchev–Trinajstić information content (AvgIpc) is 2.76. The van der Waals surface area contributed by atoms with Crippen LogP contribution >= 0.6 is 11.6 Å². The third kappa shape index (κ3) is 4.65. The van der Waals surface area contributed by atoms with Gasteiger partial charge in [-0.05, 0) is 62.2 Å². The molecule has 2 atom stereocenters. The summed E-state index contributed by atoms with van der Waals surface area (Å²) in [5.41, 5.74) is 1.73. The largest absolute Gasteiger partial charge is 0.494 e. The fourth-order valence-corrected chi connectivity index (χ4v) is 4.30. The van der Waals surface area contributed by atoms with Crippen molar-refractivity contribution < 1.29 is 24.1 Å². The molecular formula is C23H28ClNO5. The van der Waals surface area contributed by atoms with Gasteiger partial charge in [-0.2, -0.15) is 0 Å². The summed E-state index contributed by atoms with van der Waals surface area (Å²) in [5.74, 6) is 1.07. The number of hydrogen-bond donors (Lipinski definition) is 1. The Morgan fingerprint density at radius 1 is 1.13 bits per heavy atom. The molecule has 0 aromatic heterocycles. The van der Waals surface area contributed by atoms with Gasteiger partial charge in [0.05, 0.1) is 26.9 Å². The highest BCUT2D eigenvalue weighted by Gasteiger charge is 2.36. The van der Waals surface area contributed by atoms with Crippen LogP contribution in [-0.2, 0) is 4.79 Å². The van der Waals surface area contributed by atoms with Gasteiger partial charge < -0.3 is 19.3 Å². The van der Waals surface area contributed by atoms with Crippen molar-refractivity contribution in [3.05, 3.63) is 52.5 Å². The van der Waals surface area contributed by atoms with E-state index < -0.39 is 12.0 Å². The second-order valence-electron chi connectivity index (χ2n) is 7.22. The molecule has 0 amide bonds. The minimum absolute atomic E-state index is 0.355. The standard InChI is InChI=1S/C23H28ClNO5/c1-4-30-19-11-9-16(24)14-17(19)22(25-12-6-5-7-18(25)23(26)27)15-8-10-20(28-2)21(13-15)29-3/h8-11,13-14,18,22H,4-7,12H2,1-3H3,(H,26,27). The van der Waals surface area contributed by atoms with Crippen LogP contribution in [0.25, 0.3) is 0 Å². The monoisotopic (exact) mass is 433 g/mol. The zero-order chi connectivity index (χ0) is 21.7. The number of aliphatic carboxylic acids is 1. The number of hydrogen-bond acceptors (Lipinski definition) is 5. The quantitative estimate of drug-likeness (QED) is 0.645. The second-order valence-corrected chi connectivity index (χ2v) is 7.66. The third-order valence-corrected chi connectivity index (χ3v) is 5.69. The minimum Gasteiger partial charge on any atom is -0.494 e. The average molecular weight is 434 g/mol. The lowest BCUT2D eigenvalue weighted by Gasteiger charge is -2.40. The molecule has 0 radical (unpaired) electrons. The van der Waals surface area contributed by atoms with Crippen molar-refractivity contribution in [3.8, 4) is 17.2 Å². The van der Waals surface area contributed by atoms with Crippen molar-refractivity contribution in [2.75, 3.05) is 27.4 Å². The lowest BCUT2D eigenvalue weighted by Crippen LogP contribution is -2.47. The Labute approximate surface area is 182 Å². The number of carboxylic acids is 1. The maximum Gasteiger partial charge on any atom is 0.320 e. The van der Waals surface area contributed by atoms with Crippen LogP contribution in [0.1, 0.15) is 43.4 Å². The van der Waals surface area contributed by atoms with Gasteiger partial charge in [0.2, 0.25) is 0 Å². The van der Waals surface area contributed by atoms with E-state index in [0.717, 1.165) is 24.0 Å². The fourth-order valence-electron chi connectivity index (χ4n) is 4.12. The fraction of sp³-hybridized carbons (Fsp3) is 0.435. The summed E-state index contributed by atoms with van der Waals surface area (Å²) in [7, 11) is 3.17. The molecule has 0 saturated carbocycles. The SMILES string of the molecule is CCOc1ccc(Cl)cc1C(c1ccc(OC)c(OC)c1)N1CCCCC1C(=O)O. The maximum absolute atomic E-state index is 12.1. The molecule has 1 N–H and O–H groups in total. The van der Waals surface area contributed by atoms with E-state index in [0.29, 0.717) is 41.8 Å². The van der Waals surface area contributed by atoms with Gasteiger partial charge in [0, 0.05) is 10.6 Å². The zero-order valence-electron chi connectivity index (χ0n) is 17.6. The summed E-state index contributed by atoms with van der Waals surface area (Å²) in [4.78, 5) is 14.1. The Morgan fingerprint density at radius 3 is 2.53 bits per heavy atom. The van der Waals surface area contributed by atoms with Crippen molar-refractivity contribution in [2.45, 2.75) is 38.3 Å². The molecule has 3 rings (SSSR count). The molecule has 0 spiro atoms. The van der Waals surface area contributed by atoms with Gasteiger partial charge in [0.15, 0.2) is 11.5 Å². The molecule has 1 aliphatic heterocycles. The van der Waals surface area contributed by atoms with Crippen LogP contribution in [0, 0.1) is 0 Å². The summed E-state index contributed by atoms with van der Waals surface area (Å²) in [6, 6.07) is 10.2. The number of carbonyl (C=O) groups is 1. The van der Waals surface area contributed by atoms with E-state index in [4.69, 9.17) is 25.8 Å². The first-order valence-corrected chi connectivity index (χ1v) is 10.5. The van der Waals surface area contributed by atoms with E-state index in [-0.39, 0.29) is 6.04 Å². The van der Waals surface area contributed by atoms with Gasteiger partial charge in [0.25, 0.3) is 0 Å². The second kappa shape index (κ2) is 10.0. The number of rotatable bonds is 8. The molecule has 2 aromatic rings. The van der Waals surface area contributed by atoms with Crippen molar-refractivity contribution in [3.63, 3.8) is 0 Å². The molecule has 162 valence electrons. The molecule has 0 bridgehead atoms. The Kier molecular flexibility index (Phi) is 7.45. The lowest BCUT2D eigenvalue weighted by atomic mass is 9.91. The molecule has 7 heteroatoms. The molecule has 6 nitrogen and oxygen atoms in total. The summed E-state index contributed by atoms with van der Waals surface area (Å²) in [6.45, 7) is 3.08. The number of nitrogens with zero attached hydrogens (tertiary/aromatic N) is 1. The number of ether oxygens (including phenoxy) is 3. The van der Waals surface area contributed by atoms with Crippen LogP contribution in [0.2, 0.25) is 5.02 Å². The molecule has 1 heterocycles. The molecule has 2 unspecified atom stereocenters. The van der Waals surface area contributed by atoms with E-state index in [1.165, 1.54) is 0 Å². The molecule has 1 saturated heterocycles. The van der Waals surface area contributed by atoms with Crippen LogP contribution in [-0.4, -0.2) is 49.4 Å². The summed E-state index contributed by atoms with van der Waals surface area (Å²) in [5, 5.41) is 10.5. The number of likely N-dealkylation sites (tertiary alicyclic amines) is 1. The van der Waals surface area contributed by atoms with Crippen LogP contribution in [0.5, 0.6) is 17.2 Å². The number of carboxylic acid groups (broad SMARTS) is 1. The molecule has 0 aliphatic carbocycles.